The lowest BCUT2D eigenvalue weighted by Gasteiger charge is -2.30. The zero-order valence-corrected chi connectivity index (χ0v) is 16.1. The van der Waals surface area contributed by atoms with Crippen molar-refractivity contribution in [3.05, 3.63) is 51.9 Å². The molecule has 0 N–H and O–H groups in total. The fraction of sp³-hybridized carbons (Fsp3) is 0.409. The quantitative estimate of drug-likeness (QED) is 0.542. The minimum Gasteiger partial charge on any atom is -0.485 e. The van der Waals surface area contributed by atoms with Crippen molar-refractivity contribution in [3.8, 4) is 11.5 Å². The van der Waals surface area contributed by atoms with E-state index in [4.69, 9.17) is 13.9 Å². The molecule has 1 aromatic carbocycles. The summed E-state index contributed by atoms with van der Waals surface area (Å²) in [6.45, 7) is 13.9. The Morgan fingerprint density at radius 1 is 1.35 bits per heavy atom. The first kappa shape index (κ1) is 18.3. The fourth-order valence-corrected chi connectivity index (χ4v) is 3.06. The number of rotatable bonds is 5. The summed E-state index contributed by atoms with van der Waals surface area (Å²) >= 11 is 0. The van der Waals surface area contributed by atoms with Gasteiger partial charge in [0.25, 0.3) is 0 Å². The predicted octanol–water partition coefficient (Wildman–Crippen LogP) is 5.27. The lowest BCUT2D eigenvalue weighted by Crippen LogP contribution is -2.28. The average molecular weight is 354 g/mol. The van der Waals surface area contributed by atoms with Crippen LogP contribution in [0.2, 0.25) is 0 Å². The molecule has 0 fully saturated rings. The van der Waals surface area contributed by atoms with Crippen LogP contribution < -0.4 is 15.1 Å². The summed E-state index contributed by atoms with van der Waals surface area (Å²) in [7, 11) is 0. The molecule has 0 radical (unpaired) electrons. The molecule has 4 nitrogen and oxygen atoms in total. The summed E-state index contributed by atoms with van der Waals surface area (Å²) in [5.41, 5.74) is 2.43. The van der Waals surface area contributed by atoms with E-state index in [1.807, 2.05) is 39.8 Å². The van der Waals surface area contributed by atoms with E-state index >= 15 is 0 Å². The van der Waals surface area contributed by atoms with Gasteiger partial charge in [-0.05, 0) is 57.4 Å². The van der Waals surface area contributed by atoms with E-state index in [1.165, 1.54) is 0 Å². The van der Waals surface area contributed by atoms with Crippen LogP contribution in [0.5, 0.6) is 11.5 Å². The monoisotopic (exact) mass is 354 g/mol. The van der Waals surface area contributed by atoms with Crippen LogP contribution in [-0.2, 0) is 6.42 Å². The van der Waals surface area contributed by atoms with Crippen molar-refractivity contribution in [2.24, 2.45) is 0 Å². The third-order valence-electron chi connectivity index (χ3n) is 4.60. The summed E-state index contributed by atoms with van der Waals surface area (Å²) in [4.78, 5) is 12.0. The van der Waals surface area contributed by atoms with E-state index in [2.05, 4.69) is 13.5 Å². The molecule has 0 unspecified atom stereocenters. The van der Waals surface area contributed by atoms with Crippen LogP contribution in [0.3, 0.4) is 0 Å². The second kappa shape index (κ2) is 6.67. The molecule has 1 aliphatic rings. The Kier molecular flexibility index (Phi) is 4.70. The molecule has 0 spiro atoms. The predicted molar refractivity (Wildman–Crippen MR) is 105 cm³/mol. The number of benzene rings is 1. The molecule has 0 aliphatic carbocycles. The number of ether oxygens (including phenoxy) is 2. The Morgan fingerprint density at radius 3 is 2.73 bits per heavy atom. The van der Waals surface area contributed by atoms with Crippen molar-refractivity contribution < 1.29 is 13.9 Å². The zero-order chi connectivity index (χ0) is 19.1. The molecule has 0 saturated carbocycles. The van der Waals surface area contributed by atoms with Gasteiger partial charge in [-0.3, -0.25) is 0 Å². The second-order valence-corrected chi connectivity index (χ2v) is 7.48. The van der Waals surface area contributed by atoms with Gasteiger partial charge in [-0.1, -0.05) is 19.9 Å². The van der Waals surface area contributed by atoms with Crippen LogP contribution in [0.4, 0.5) is 0 Å². The van der Waals surface area contributed by atoms with E-state index < -0.39 is 5.60 Å². The van der Waals surface area contributed by atoms with Crippen LogP contribution in [0.1, 0.15) is 52.2 Å². The largest absolute Gasteiger partial charge is 0.485 e. The Balaban J connectivity index is 2.31. The number of hydrogen-bond donors (Lipinski definition) is 0. The van der Waals surface area contributed by atoms with E-state index in [0.29, 0.717) is 17.1 Å². The van der Waals surface area contributed by atoms with Gasteiger partial charge in [-0.15, -0.1) is 0 Å². The van der Waals surface area contributed by atoms with Crippen molar-refractivity contribution in [2.45, 2.75) is 59.2 Å². The molecule has 1 aromatic heterocycles. The minimum atomic E-state index is -0.446. The lowest BCUT2D eigenvalue weighted by atomic mass is 9.96. The highest BCUT2D eigenvalue weighted by atomic mass is 16.5. The number of hydrogen-bond acceptors (Lipinski definition) is 4. The molecule has 3 rings (SSSR count). The van der Waals surface area contributed by atoms with Crippen LogP contribution in [-0.4, -0.2) is 11.7 Å². The Labute approximate surface area is 154 Å². The second-order valence-electron chi connectivity index (χ2n) is 7.48. The topological polar surface area (TPSA) is 48.7 Å². The van der Waals surface area contributed by atoms with Gasteiger partial charge in [0.1, 0.15) is 28.8 Å². The maximum absolute atomic E-state index is 12.0. The maximum Gasteiger partial charge on any atom is 0.336 e. The molecule has 2 aromatic rings. The average Bonchev–Trinajstić information content (AvgIpc) is 2.53. The first-order chi connectivity index (χ1) is 12.2. The molecule has 26 heavy (non-hydrogen) atoms. The van der Waals surface area contributed by atoms with Crippen LogP contribution in [0.15, 0.2) is 39.6 Å². The first-order valence-corrected chi connectivity index (χ1v) is 9.06. The molecule has 2 heterocycles. The molecule has 138 valence electrons. The van der Waals surface area contributed by atoms with Crippen molar-refractivity contribution >= 4 is 17.0 Å². The van der Waals surface area contributed by atoms with Crippen LogP contribution in [0.25, 0.3) is 17.0 Å². The molecule has 0 amide bonds. The van der Waals surface area contributed by atoms with Crippen molar-refractivity contribution in [1.29, 1.82) is 0 Å². The molecule has 4 heteroatoms. The zero-order valence-electron chi connectivity index (χ0n) is 16.1. The van der Waals surface area contributed by atoms with Crippen molar-refractivity contribution in [3.63, 3.8) is 0 Å². The highest BCUT2D eigenvalue weighted by molar-refractivity contribution is 5.94. The van der Waals surface area contributed by atoms with Gasteiger partial charge in [-0.25, -0.2) is 4.79 Å². The lowest BCUT2D eigenvalue weighted by molar-refractivity contribution is 0.159. The Bertz CT molecular complexity index is 947. The van der Waals surface area contributed by atoms with Crippen LogP contribution in [0, 0.1) is 0 Å². The molecule has 0 saturated heterocycles. The molecule has 1 atom stereocenters. The fourth-order valence-electron chi connectivity index (χ4n) is 3.06. The van der Waals surface area contributed by atoms with Gasteiger partial charge in [0.15, 0.2) is 0 Å². The highest BCUT2D eigenvalue weighted by Gasteiger charge is 2.28. The van der Waals surface area contributed by atoms with Crippen molar-refractivity contribution in [2.75, 3.05) is 0 Å². The smallest absolute Gasteiger partial charge is 0.336 e. The summed E-state index contributed by atoms with van der Waals surface area (Å²) in [6, 6.07) is 3.36. The van der Waals surface area contributed by atoms with Gasteiger partial charge in [0.05, 0.1) is 10.9 Å². The Hall–Kier alpha value is -2.49. The number of fused-ring (bicyclic) bond motifs is 3. The number of aryl methyl sites for hydroxylation is 1. The first-order valence-electron chi connectivity index (χ1n) is 9.06. The summed E-state index contributed by atoms with van der Waals surface area (Å²) in [5, 5.41) is 0.856. The molecular formula is C22H26O4. The normalized spacial score (nSPS) is 16.0. The van der Waals surface area contributed by atoms with Crippen molar-refractivity contribution in [1.82, 2.24) is 0 Å². The minimum absolute atomic E-state index is 0.162. The van der Waals surface area contributed by atoms with Gasteiger partial charge >= 0.3 is 5.63 Å². The SMILES string of the molecule is C=C(C)[C@H](C)Oc1cc2oc(=O)cc(CCC)c2c2c1C=CC(C)(C)O2. The van der Waals surface area contributed by atoms with E-state index in [-0.39, 0.29) is 11.7 Å². The van der Waals surface area contributed by atoms with Gasteiger partial charge in [0.2, 0.25) is 0 Å². The Morgan fingerprint density at radius 2 is 2.08 bits per heavy atom. The van der Waals surface area contributed by atoms with E-state index in [0.717, 1.165) is 34.9 Å². The van der Waals surface area contributed by atoms with Gasteiger partial charge in [-0.2, -0.15) is 0 Å². The summed E-state index contributed by atoms with van der Waals surface area (Å²) in [6.07, 6.45) is 5.59. The van der Waals surface area contributed by atoms with Gasteiger partial charge in [0, 0.05) is 12.1 Å². The maximum atomic E-state index is 12.0. The molecular weight excluding hydrogens is 328 g/mol. The van der Waals surface area contributed by atoms with E-state index in [1.54, 1.807) is 12.1 Å². The highest BCUT2D eigenvalue weighted by Crippen LogP contribution is 2.44. The van der Waals surface area contributed by atoms with E-state index in [9.17, 15) is 4.79 Å². The standard InChI is InChI=1S/C22H26O4/c1-7-8-15-11-19(23)25-18-12-17(24-14(4)13(2)3)16-9-10-22(5,6)26-21(16)20(15)18/h9-12,14H,2,7-8H2,1,3-6H3/t14-/m0/s1. The molecule has 0 bridgehead atoms. The third kappa shape index (κ3) is 3.41. The van der Waals surface area contributed by atoms with Crippen LogP contribution >= 0.6 is 0 Å². The van der Waals surface area contributed by atoms with Gasteiger partial charge < -0.3 is 13.9 Å². The summed E-state index contributed by atoms with van der Waals surface area (Å²) < 4.78 is 17.9. The summed E-state index contributed by atoms with van der Waals surface area (Å²) in [5.74, 6) is 1.35. The molecule has 1 aliphatic heterocycles. The third-order valence-corrected chi connectivity index (χ3v) is 4.60.